The highest BCUT2D eigenvalue weighted by Gasteiger charge is 2.30. The standard InChI is InChI=1S/C16H24N4OS/c21-16(13-22-12-14-2-1-4-18-10-14)20-7-3-15(11-20)19-8-5-17-6-9-19/h1-2,4,10,15,17H,3,5-9,11-13H2. The third kappa shape index (κ3) is 4.21. The first-order valence-corrected chi connectivity index (χ1v) is 9.17. The highest BCUT2D eigenvalue weighted by Crippen LogP contribution is 2.18. The largest absolute Gasteiger partial charge is 0.340 e. The van der Waals surface area contributed by atoms with E-state index in [-0.39, 0.29) is 5.91 Å². The molecule has 2 aliphatic heterocycles. The van der Waals surface area contributed by atoms with Crippen LogP contribution in [0, 0.1) is 0 Å². The van der Waals surface area contributed by atoms with Crippen molar-refractivity contribution in [2.75, 3.05) is 45.0 Å². The molecule has 0 spiro atoms. The van der Waals surface area contributed by atoms with Crippen LogP contribution >= 0.6 is 11.8 Å². The van der Waals surface area contributed by atoms with Gasteiger partial charge in [-0.05, 0) is 18.1 Å². The lowest BCUT2D eigenvalue weighted by Crippen LogP contribution is -2.49. The predicted molar refractivity (Wildman–Crippen MR) is 89.8 cm³/mol. The Morgan fingerprint density at radius 3 is 3.00 bits per heavy atom. The summed E-state index contributed by atoms with van der Waals surface area (Å²) in [4.78, 5) is 21.0. The Hall–Kier alpha value is -1.11. The number of rotatable bonds is 5. The zero-order chi connectivity index (χ0) is 15.2. The molecule has 0 saturated carbocycles. The molecule has 3 heterocycles. The normalized spacial score (nSPS) is 22.9. The van der Waals surface area contributed by atoms with Gasteiger partial charge in [-0.2, -0.15) is 0 Å². The summed E-state index contributed by atoms with van der Waals surface area (Å²) in [6.07, 6.45) is 4.77. The van der Waals surface area contributed by atoms with Crippen LogP contribution in [0.5, 0.6) is 0 Å². The third-order valence-electron chi connectivity index (χ3n) is 4.40. The van der Waals surface area contributed by atoms with Crippen LogP contribution in [0.3, 0.4) is 0 Å². The van der Waals surface area contributed by atoms with Crippen LogP contribution in [-0.4, -0.2) is 71.8 Å². The van der Waals surface area contributed by atoms with Gasteiger partial charge in [-0.1, -0.05) is 6.07 Å². The zero-order valence-electron chi connectivity index (χ0n) is 12.9. The van der Waals surface area contributed by atoms with Crippen LogP contribution in [-0.2, 0) is 10.5 Å². The van der Waals surface area contributed by atoms with E-state index < -0.39 is 0 Å². The second kappa shape index (κ2) is 7.94. The van der Waals surface area contributed by atoms with E-state index in [1.165, 1.54) is 5.56 Å². The number of amides is 1. The molecule has 3 rings (SSSR count). The molecule has 1 N–H and O–H groups in total. The molecule has 6 heteroatoms. The Balaban J connectivity index is 1.39. The number of piperazine rings is 1. The lowest BCUT2D eigenvalue weighted by molar-refractivity contribution is -0.127. The van der Waals surface area contributed by atoms with E-state index in [0.29, 0.717) is 11.8 Å². The molecular formula is C16H24N4OS. The van der Waals surface area contributed by atoms with Gasteiger partial charge in [0.05, 0.1) is 5.75 Å². The summed E-state index contributed by atoms with van der Waals surface area (Å²) in [6.45, 7) is 6.20. The quantitative estimate of drug-likeness (QED) is 0.870. The maximum atomic E-state index is 12.3. The molecule has 0 radical (unpaired) electrons. The lowest BCUT2D eigenvalue weighted by Gasteiger charge is -2.32. The summed E-state index contributed by atoms with van der Waals surface area (Å²) in [5.41, 5.74) is 1.18. The Morgan fingerprint density at radius 2 is 2.23 bits per heavy atom. The van der Waals surface area contributed by atoms with Gasteiger partial charge in [-0.25, -0.2) is 0 Å². The molecule has 0 aromatic carbocycles. The van der Waals surface area contributed by atoms with Crippen LogP contribution in [0.4, 0.5) is 0 Å². The fourth-order valence-corrected chi connectivity index (χ4v) is 4.01. The molecule has 1 amide bonds. The number of nitrogens with one attached hydrogen (secondary N) is 1. The molecule has 1 aromatic rings. The summed E-state index contributed by atoms with van der Waals surface area (Å²) < 4.78 is 0. The molecule has 120 valence electrons. The molecule has 1 aromatic heterocycles. The van der Waals surface area contributed by atoms with E-state index in [0.717, 1.165) is 51.4 Å². The summed E-state index contributed by atoms with van der Waals surface area (Å²) >= 11 is 1.68. The monoisotopic (exact) mass is 320 g/mol. The number of pyridine rings is 1. The highest BCUT2D eigenvalue weighted by molar-refractivity contribution is 7.99. The average Bonchev–Trinajstić information content (AvgIpc) is 3.07. The van der Waals surface area contributed by atoms with E-state index >= 15 is 0 Å². The first-order chi connectivity index (χ1) is 10.8. The van der Waals surface area contributed by atoms with Crippen LogP contribution in [0.15, 0.2) is 24.5 Å². The van der Waals surface area contributed by atoms with Crippen molar-refractivity contribution in [1.29, 1.82) is 0 Å². The van der Waals surface area contributed by atoms with Gasteiger partial charge in [0.15, 0.2) is 0 Å². The molecule has 0 aliphatic carbocycles. The Bertz CT molecular complexity index is 478. The molecule has 2 aliphatic rings. The van der Waals surface area contributed by atoms with Crippen molar-refractivity contribution in [2.24, 2.45) is 0 Å². The highest BCUT2D eigenvalue weighted by atomic mass is 32.2. The van der Waals surface area contributed by atoms with Gasteiger partial charge in [-0.3, -0.25) is 14.7 Å². The minimum atomic E-state index is 0.284. The van der Waals surface area contributed by atoms with Crippen LogP contribution in [0.1, 0.15) is 12.0 Å². The van der Waals surface area contributed by atoms with Crippen molar-refractivity contribution in [3.63, 3.8) is 0 Å². The molecule has 1 unspecified atom stereocenters. The fraction of sp³-hybridized carbons (Fsp3) is 0.625. The summed E-state index contributed by atoms with van der Waals surface area (Å²) in [7, 11) is 0. The predicted octanol–water partition coefficient (Wildman–Crippen LogP) is 0.821. The molecule has 2 fully saturated rings. The maximum absolute atomic E-state index is 12.3. The van der Waals surface area contributed by atoms with Crippen molar-refractivity contribution >= 4 is 17.7 Å². The van der Waals surface area contributed by atoms with E-state index in [1.54, 1.807) is 18.0 Å². The number of thioether (sulfide) groups is 1. The SMILES string of the molecule is O=C(CSCc1cccnc1)N1CCC(N2CCNCC2)C1. The molecule has 0 bridgehead atoms. The number of carbonyl (C=O) groups excluding carboxylic acids is 1. The van der Waals surface area contributed by atoms with Gasteiger partial charge in [0.1, 0.15) is 0 Å². The molecule has 22 heavy (non-hydrogen) atoms. The Labute approximate surface area is 136 Å². The minimum Gasteiger partial charge on any atom is -0.340 e. The van der Waals surface area contributed by atoms with Gasteiger partial charge in [0.2, 0.25) is 5.91 Å². The summed E-state index contributed by atoms with van der Waals surface area (Å²) in [5, 5.41) is 3.38. The molecule has 5 nitrogen and oxygen atoms in total. The summed E-state index contributed by atoms with van der Waals surface area (Å²) in [5.74, 6) is 1.71. The van der Waals surface area contributed by atoms with Crippen LogP contribution in [0.2, 0.25) is 0 Å². The topological polar surface area (TPSA) is 48.5 Å². The van der Waals surface area contributed by atoms with Crippen molar-refractivity contribution in [3.8, 4) is 0 Å². The fourth-order valence-electron chi connectivity index (χ4n) is 3.14. The smallest absolute Gasteiger partial charge is 0.232 e. The first kappa shape index (κ1) is 15.8. The minimum absolute atomic E-state index is 0.284. The van der Waals surface area contributed by atoms with Gasteiger partial charge >= 0.3 is 0 Å². The lowest BCUT2D eigenvalue weighted by atomic mass is 10.2. The van der Waals surface area contributed by atoms with E-state index in [1.807, 2.05) is 17.2 Å². The summed E-state index contributed by atoms with van der Waals surface area (Å²) in [6, 6.07) is 4.56. The van der Waals surface area contributed by atoms with Crippen molar-refractivity contribution < 1.29 is 4.79 Å². The van der Waals surface area contributed by atoms with Gasteiger partial charge < -0.3 is 10.2 Å². The van der Waals surface area contributed by atoms with Gasteiger partial charge in [0.25, 0.3) is 0 Å². The number of hydrogen-bond donors (Lipinski definition) is 1. The van der Waals surface area contributed by atoms with E-state index in [2.05, 4.69) is 21.3 Å². The van der Waals surface area contributed by atoms with Gasteiger partial charge in [0, 0.05) is 63.5 Å². The Kier molecular flexibility index (Phi) is 5.70. The Morgan fingerprint density at radius 1 is 1.36 bits per heavy atom. The molecule has 2 saturated heterocycles. The second-order valence-electron chi connectivity index (χ2n) is 5.92. The van der Waals surface area contributed by atoms with Gasteiger partial charge in [-0.15, -0.1) is 11.8 Å². The third-order valence-corrected chi connectivity index (χ3v) is 5.39. The molecular weight excluding hydrogens is 296 g/mol. The van der Waals surface area contributed by atoms with E-state index in [9.17, 15) is 4.79 Å². The number of hydrogen-bond acceptors (Lipinski definition) is 5. The van der Waals surface area contributed by atoms with E-state index in [4.69, 9.17) is 0 Å². The van der Waals surface area contributed by atoms with Crippen molar-refractivity contribution in [3.05, 3.63) is 30.1 Å². The average molecular weight is 320 g/mol. The van der Waals surface area contributed by atoms with Crippen molar-refractivity contribution in [2.45, 2.75) is 18.2 Å². The van der Waals surface area contributed by atoms with Crippen molar-refractivity contribution in [1.82, 2.24) is 20.1 Å². The maximum Gasteiger partial charge on any atom is 0.232 e. The second-order valence-corrected chi connectivity index (χ2v) is 6.91. The van der Waals surface area contributed by atoms with Crippen LogP contribution < -0.4 is 5.32 Å². The first-order valence-electron chi connectivity index (χ1n) is 8.02. The number of likely N-dealkylation sites (tertiary alicyclic amines) is 1. The van der Waals surface area contributed by atoms with Crippen LogP contribution in [0.25, 0.3) is 0 Å². The number of aromatic nitrogens is 1. The molecule has 1 atom stereocenters. The zero-order valence-corrected chi connectivity index (χ0v) is 13.7. The number of nitrogens with zero attached hydrogens (tertiary/aromatic N) is 3. The number of carbonyl (C=O) groups is 1.